The van der Waals surface area contributed by atoms with Gasteiger partial charge in [-0.25, -0.2) is 0 Å². The molecule has 3 amide bonds. The number of H-pyrrole nitrogens is 1. The summed E-state index contributed by atoms with van der Waals surface area (Å²) in [6.07, 6.45) is 7.65. The Morgan fingerprint density at radius 3 is 2.76 bits per heavy atom. The molecule has 5 rings (SSSR count). The second kappa shape index (κ2) is 11.5. The fourth-order valence-corrected chi connectivity index (χ4v) is 6.70. The first-order chi connectivity index (χ1) is 18.0. The van der Waals surface area contributed by atoms with E-state index < -0.39 is 0 Å². The molecule has 1 aliphatic heterocycles. The van der Waals surface area contributed by atoms with Crippen LogP contribution in [-0.2, 0) is 16.0 Å². The molecule has 2 aliphatic rings. The molecule has 0 radical (unpaired) electrons. The van der Waals surface area contributed by atoms with E-state index in [0.29, 0.717) is 37.4 Å². The number of amides is 3. The third-order valence-corrected chi connectivity index (χ3v) is 8.83. The summed E-state index contributed by atoms with van der Waals surface area (Å²) in [6, 6.07) is 11.7. The Morgan fingerprint density at radius 2 is 1.92 bits per heavy atom. The van der Waals surface area contributed by atoms with Gasteiger partial charge in [0.1, 0.15) is 0 Å². The number of hydrogen-bond donors (Lipinski definition) is 3. The highest BCUT2D eigenvalue weighted by Crippen LogP contribution is 2.37. The summed E-state index contributed by atoms with van der Waals surface area (Å²) in [5, 5.41) is 7.37. The van der Waals surface area contributed by atoms with E-state index in [1.807, 2.05) is 48.4 Å². The van der Waals surface area contributed by atoms with Crippen LogP contribution < -0.4 is 10.6 Å². The summed E-state index contributed by atoms with van der Waals surface area (Å²) in [7, 11) is 0. The average molecular weight is 521 g/mol. The maximum Gasteiger partial charge on any atom is 0.264 e. The quantitative estimate of drug-likeness (QED) is 0.465. The van der Waals surface area contributed by atoms with Crippen molar-refractivity contribution in [3.63, 3.8) is 0 Å². The zero-order chi connectivity index (χ0) is 25.8. The normalized spacial score (nSPS) is 22.8. The number of fused-ring (bicyclic) bond motifs is 2. The van der Waals surface area contributed by atoms with Gasteiger partial charge in [-0.3, -0.25) is 14.4 Å². The van der Waals surface area contributed by atoms with Crippen LogP contribution in [0.2, 0.25) is 0 Å². The van der Waals surface area contributed by atoms with Gasteiger partial charge >= 0.3 is 0 Å². The maximum absolute atomic E-state index is 13.6. The fourth-order valence-electron chi connectivity index (χ4n) is 5.87. The number of carbonyl (C=O) groups excluding carboxylic acids is 3. The largest absolute Gasteiger partial charge is 0.361 e. The Bertz CT molecular complexity index is 1260. The molecule has 1 aromatic carbocycles. The molecule has 0 spiro atoms. The average Bonchev–Trinajstić information content (AvgIpc) is 3.63. The van der Waals surface area contributed by atoms with Gasteiger partial charge in [-0.1, -0.05) is 31.0 Å². The SMILES string of the molecule is Cc1ccc(C(=O)N2CCCCCCNC(=O)[C@@H]3C[C@@H](C(=O)NCCc4c[nH]c5ccccc45)C[C@@H]32)s1. The molecule has 7 nitrogen and oxygen atoms in total. The number of para-hydroxylation sites is 1. The van der Waals surface area contributed by atoms with Crippen LogP contribution in [-0.4, -0.2) is 53.3 Å². The summed E-state index contributed by atoms with van der Waals surface area (Å²) >= 11 is 1.49. The summed E-state index contributed by atoms with van der Waals surface area (Å²) in [6.45, 7) is 3.81. The Hall–Kier alpha value is -3.13. The Balaban J connectivity index is 1.29. The van der Waals surface area contributed by atoms with Crippen LogP contribution in [0.3, 0.4) is 0 Å². The molecule has 3 N–H and O–H groups in total. The molecular weight excluding hydrogens is 484 g/mol. The number of nitrogens with zero attached hydrogens (tertiary/aromatic N) is 1. The molecule has 1 aliphatic carbocycles. The van der Waals surface area contributed by atoms with Gasteiger partial charge in [-0.05, 0) is 62.8 Å². The van der Waals surface area contributed by atoms with Crippen molar-refractivity contribution in [1.29, 1.82) is 0 Å². The topological polar surface area (TPSA) is 94.3 Å². The molecule has 37 heavy (non-hydrogen) atoms. The smallest absolute Gasteiger partial charge is 0.264 e. The van der Waals surface area contributed by atoms with Crippen molar-refractivity contribution in [2.45, 2.75) is 57.9 Å². The van der Waals surface area contributed by atoms with Gasteiger partial charge in [0, 0.05) is 53.6 Å². The van der Waals surface area contributed by atoms with Gasteiger partial charge < -0.3 is 20.5 Å². The Labute approximate surface area is 222 Å². The molecule has 8 heteroatoms. The Morgan fingerprint density at radius 1 is 1.08 bits per heavy atom. The minimum Gasteiger partial charge on any atom is -0.361 e. The molecule has 0 bridgehead atoms. The number of thiophene rings is 1. The number of aromatic amines is 1. The van der Waals surface area contributed by atoms with Crippen molar-refractivity contribution < 1.29 is 14.4 Å². The standard InChI is InChI=1S/C29H36N4O3S/c1-19-10-11-26(37-19)29(36)33-15-7-3-2-6-13-30-28(35)23-16-21(17-25(23)33)27(34)31-14-12-20-18-32-24-9-5-4-8-22(20)24/h4-5,8-11,18,21,23,25,32H,2-3,6-7,12-17H2,1H3,(H,30,35)(H,31,34)/t21-,23-,25+/m1/s1. The molecule has 2 aromatic heterocycles. The predicted molar refractivity (Wildman–Crippen MR) is 147 cm³/mol. The summed E-state index contributed by atoms with van der Waals surface area (Å²) in [5.41, 5.74) is 2.27. The number of hydrogen-bond acceptors (Lipinski definition) is 4. The number of benzene rings is 1. The van der Waals surface area contributed by atoms with Crippen molar-refractivity contribution in [3.8, 4) is 0 Å². The van der Waals surface area contributed by atoms with Crippen LogP contribution in [0, 0.1) is 18.8 Å². The predicted octanol–water partition coefficient (Wildman–Crippen LogP) is 4.42. The minimum absolute atomic E-state index is 0.0134. The van der Waals surface area contributed by atoms with E-state index in [2.05, 4.69) is 21.7 Å². The highest BCUT2D eigenvalue weighted by atomic mass is 32.1. The Kier molecular flexibility index (Phi) is 7.93. The number of rotatable bonds is 5. The van der Waals surface area contributed by atoms with E-state index in [9.17, 15) is 14.4 Å². The molecule has 3 atom stereocenters. The van der Waals surface area contributed by atoms with E-state index in [-0.39, 0.29) is 35.6 Å². The summed E-state index contributed by atoms with van der Waals surface area (Å²) < 4.78 is 0. The molecule has 3 aromatic rings. The number of aromatic nitrogens is 1. The van der Waals surface area contributed by atoms with Crippen molar-refractivity contribution in [3.05, 3.63) is 57.9 Å². The lowest BCUT2D eigenvalue weighted by Crippen LogP contribution is -2.47. The van der Waals surface area contributed by atoms with Crippen LogP contribution in [0.4, 0.5) is 0 Å². The lowest BCUT2D eigenvalue weighted by molar-refractivity contribution is -0.126. The van der Waals surface area contributed by atoms with Gasteiger partial charge in [0.25, 0.3) is 5.91 Å². The second-order valence-corrected chi connectivity index (χ2v) is 11.6. The highest BCUT2D eigenvalue weighted by molar-refractivity contribution is 7.13. The molecule has 3 heterocycles. The van der Waals surface area contributed by atoms with Crippen LogP contribution >= 0.6 is 11.3 Å². The summed E-state index contributed by atoms with van der Waals surface area (Å²) in [5.74, 6) is -0.715. The van der Waals surface area contributed by atoms with Crippen molar-refractivity contribution in [2.75, 3.05) is 19.6 Å². The van der Waals surface area contributed by atoms with E-state index in [1.54, 1.807) is 0 Å². The van der Waals surface area contributed by atoms with Gasteiger partial charge in [-0.15, -0.1) is 11.3 Å². The number of aryl methyl sites for hydroxylation is 1. The van der Waals surface area contributed by atoms with Gasteiger partial charge in [-0.2, -0.15) is 0 Å². The van der Waals surface area contributed by atoms with E-state index in [1.165, 1.54) is 22.3 Å². The highest BCUT2D eigenvalue weighted by Gasteiger charge is 2.45. The zero-order valence-electron chi connectivity index (χ0n) is 21.4. The van der Waals surface area contributed by atoms with Crippen LogP contribution in [0.1, 0.15) is 58.6 Å². The van der Waals surface area contributed by atoms with Crippen LogP contribution in [0.25, 0.3) is 10.9 Å². The first-order valence-electron chi connectivity index (χ1n) is 13.5. The molecule has 1 saturated heterocycles. The first-order valence-corrected chi connectivity index (χ1v) is 14.3. The van der Waals surface area contributed by atoms with Gasteiger partial charge in [0.2, 0.25) is 11.8 Å². The molecule has 1 saturated carbocycles. The summed E-state index contributed by atoms with van der Waals surface area (Å²) in [4.78, 5) is 47.0. The maximum atomic E-state index is 13.6. The third-order valence-electron chi connectivity index (χ3n) is 7.84. The lowest BCUT2D eigenvalue weighted by atomic mass is 10.00. The second-order valence-electron chi connectivity index (χ2n) is 10.4. The van der Waals surface area contributed by atoms with Crippen molar-refractivity contribution in [1.82, 2.24) is 20.5 Å². The minimum atomic E-state index is -0.368. The van der Waals surface area contributed by atoms with Crippen LogP contribution in [0.15, 0.2) is 42.6 Å². The lowest BCUT2D eigenvalue weighted by Gasteiger charge is -2.32. The first kappa shape index (κ1) is 25.5. The molecular formula is C29H36N4O3S. The third kappa shape index (κ3) is 5.74. The zero-order valence-corrected chi connectivity index (χ0v) is 22.2. The monoisotopic (exact) mass is 520 g/mol. The van der Waals surface area contributed by atoms with E-state index >= 15 is 0 Å². The van der Waals surface area contributed by atoms with Gasteiger partial charge in [0.05, 0.1) is 10.8 Å². The molecule has 0 unspecified atom stereocenters. The van der Waals surface area contributed by atoms with E-state index in [0.717, 1.165) is 42.5 Å². The van der Waals surface area contributed by atoms with Gasteiger partial charge in [0.15, 0.2) is 0 Å². The number of carbonyl (C=O) groups is 3. The molecule has 2 fully saturated rings. The van der Waals surface area contributed by atoms with E-state index in [4.69, 9.17) is 0 Å². The number of nitrogens with one attached hydrogen (secondary N) is 3. The van der Waals surface area contributed by atoms with Crippen molar-refractivity contribution in [2.24, 2.45) is 11.8 Å². The fraction of sp³-hybridized carbons (Fsp3) is 0.483. The van der Waals surface area contributed by atoms with Crippen molar-refractivity contribution >= 4 is 40.0 Å². The van der Waals surface area contributed by atoms with Crippen LogP contribution in [0.5, 0.6) is 0 Å². The molecule has 196 valence electrons.